The first-order valence-corrected chi connectivity index (χ1v) is 5.17. The Labute approximate surface area is 99.0 Å². The molecule has 1 aromatic carbocycles. The normalized spacial score (nSPS) is 10.2. The first kappa shape index (κ1) is 11.1. The van der Waals surface area contributed by atoms with Crippen LogP contribution in [0, 0.1) is 17.0 Å². The Morgan fingerprint density at radius 3 is 2.76 bits per heavy atom. The topological polar surface area (TPSA) is 48.1 Å². The smallest absolute Gasteiger partial charge is 0.295 e. The third-order valence-corrected chi connectivity index (χ3v) is 2.56. The first-order valence-electron chi connectivity index (χ1n) is 5.17. The third-order valence-electron chi connectivity index (χ3n) is 2.56. The maximum atomic E-state index is 11.0. The molecule has 0 spiro atoms. The molecule has 0 unspecified atom stereocenters. The standard InChI is InChI=1S/C13H12N2O2/c1-3-14-8-12(13(9-14)15(16)17)11-6-4-5-10(2)7-11/h3-9H,1H2,2H3. The van der Waals surface area contributed by atoms with Gasteiger partial charge in [0.1, 0.15) is 0 Å². The Morgan fingerprint density at radius 2 is 2.18 bits per heavy atom. The largest absolute Gasteiger partial charge is 0.324 e. The van der Waals surface area contributed by atoms with Crippen molar-refractivity contribution in [1.29, 1.82) is 0 Å². The van der Waals surface area contributed by atoms with Crippen LogP contribution >= 0.6 is 0 Å². The highest BCUT2D eigenvalue weighted by Crippen LogP contribution is 2.31. The zero-order valence-electron chi connectivity index (χ0n) is 9.46. The molecule has 0 saturated heterocycles. The van der Waals surface area contributed by atoms with Gasteiger partial charge in [0.2, 0.25) is 0 Å². The van der Waals surface area contributed by atoms with Gasteiger partial charge in [-0.1, -0.05) is 36.4 Å². The number of rotatable bonds is 3. The minimum Gasteiger partial charge on any atom is -0.324 e. The van der Waals surface area contributed by atoms with Crippen molar-refractivity contribution in [3.8, 4) is 11.1 Å². The number of aryl methyl sites for hydroxylation is 1. The molecular weight excluding hydrogens is 216 g/mol. The van der Waals surface area contributed by atoms with Crippen LogP contribution in [0.25, 0.3) is 17.3 Å². The minimum absolute atomic E-state index is 0.0931. The summed E-state index contributed by atoms with van der Waals surface area (Å²) in [5.74, 6) is 0. The second-order valence-electron chi connectivity index (χ2n) is 3.81. The van der Waals surface area contributed by atoms with Gasteiger partial charge in [-0.25, -0.2) is 0 Å². The molecule has 0 bridgehead atoms. The van der Waals surface area contributed by atoms with E-state index in [1.807, 2.05) is 31.2 Å². The molecule has 1 heterocycles. The van der Waals surface area contributed by atoms with Crippen LogP contribution in [-0.4, -0.2) is 9.49 Å². The van der Waals surface area contributed by atoms with Crippen molar-refractivity contribution in [3.63, 3.8) is 0 Å². The molecule has 0 radical (unpaired) electrons. The summed E-state index contributed by atoms with van der Waals surface area (Å²) in [6.45, 7) is 5.55. The van der Waals surface area contributed by atoms with Gasteiger partial charge in [-0.05, 0) is 12.5 Å². The van der Waals surface area contributed by atoms with Gasteiger partial charge in [0.05, 0.1) is 16.7 Å². The fourth-order valence-electron chi connectivity index (χ4n) is 1.75. The average molecular weight is 228 g/mol. The van der Waals surface area contributed by atoms with E-state index in [2.05, 4.69) is 6.58 Å². The highest BCUT2D eigenvalue weighted by molar-refractivity contribution is 5.74. The lowest BCUT2D eigenvalue weighted by atomic mass is 10.1. The molecule has 4 nitrogen and oxygen atoms in total. The van der Waals surface area contributed by atoms with Gasteiger partial charge < -0.3 is 4.57 Å². The van der Waals surface area contributed by atoms with Crippen molar-refractivity contribution in [3.05, 3.63) is 58.9 Å². The van der Waals surface area contributed by atoms with Crippen LogP contribution in [0.1, 0.15) is 5.56 Å². The lowest BCUT2D eigenvalue weighted by molar-refractivity contribution is -0.384. The van der Waals surface area contributed by atoms with Crippen molar-refractivity contribution >= 4 is 11.9 Å². The molecule has 2 aromatic rings. The van der Waals surface area contributed by atoms with E-state index in [1.54, 1.807) is 10.8 Å². The second kappa shape index (κ2) is 4.25. The lowest BCUT2D eigenvalue weighted by Crippen LogP contribution is -1.88. The van der Waals surface area contributed by atoms with E-state index in [0.29, 0.717) is 5.56 Å². The van der Waals surface area contributed by atoms with Gasteiger partial charge in [0, 0.05) is 12.4 Å². The van der Waals surface area contributed by atoms with E-state index in [9.17, 15) is 10.1 Å². The van der Waals surface area contributed by atoms with Crippen LogP contribution in [0.15, 0.2) is 43.2 Å². The molecule has 0 saturated carbocycles. The SMILES string of the molecule is C=Cn1cc(-c2cccc(C)c2)c([N+](=O)[O-])c1. The number of aromatic nitrogens is 1. The van der Waals surface area contributed by atoms with E-state index in [0.717, 1.165) is 11.1 Å². The summed E-state index contributed by atoms with van der Waals surface area (Å²) < 4.78 is 1.59. The molecule has 0 amide bonds. The summed E-state index contributed by atoms with van der Waals surface area (Å²) >= 11 is 0. The highest BCUT2D eigenvalue weighted by atomic mass is 16.6. The third kappa shape index (κ3) is 2.10. The fourth-order valence-corrected chi connectivity index (χ4v) is 1.75. The number of hydrogen-bond donors (Lipinski definition) is 0. The van der Waals surface area contributed by atoms with Gasteiger partial charge in [-0.2, -0.15) is 0 Å². The average Bonchev–Trinajstić information content (AvgIpc) is 2.73. The maximum Gasteiger partial charge on any atom is 0.295 e. The van der Waals surface area contributed by atoms with Crippen molar-refractivity contribution in [2.24, 2.45) is 0 Å². The van der Waals surface area contributed by atoms with Gasteiger partial charge >= 0.3 is 0 Å². The van der Waals surface area contributed by atoms with Crippen molar-refractivity contribution in [2.75, 3.05) is 0 Å². The molecule has 1 aromatic heterocycles. The summed E-state index contributed by atoms with van der Waals surface area (Å²) in [6, 6.07) is 7.64. The number of nitrogens with zero attached hydrogens (tertiary/aromatic N) is 2. The van der Waals surface area contributed by atoms with Gasteiger partial charge in [-0.15, -0.1) is 0 Å². The Hall–Kier alpha value is -2.36. The Balaban J connectivity index is 2.61. The minimum atomic E-state index is -0.377. The van der Waals surface area contributed by atoms with Crippen LogP contribution in [0.4, 0.5) is 5.69 Å². The van der Waals surface area contributed by atoms with Crippen LogP contribution in [-0.2, 0) is 0 Å². The summed E-state index contributed by atoms with van der Waals surface area (Å²) in [7, 11) is 0. The van der Waals surface area contributed by atoms with E-state index in [4.69, 9.17) is 0 Å². The molecule has 0 atom stereocenters. The molecule has 0 aliphatic carbocycles. The lowest BCUT2D eigenvalue weighted by Gasteiger charge is -1.99. The Morgan fingerprint density at radius 1 is 1.41 bits per heavy atom. The quantitative estimate of drug-likeness (QED) is 0.596. The summed E-state index contributed by atoms with van der Waals surface area (Å²) in [5.41, 5.74) is 2.62. The molecule has 4 heteroatoms. The van der Waals surface area contributed by atoms with Gasteiger partial charge in [0.15, 0.2) is 0 Å². The second-order valence-corrected chi connectivity index (χ2v) is 3.81. The number of benzene rings is 1. The molecule has 0 N–H and O–H groups in total. The van der Waals surface area contributed by atoms with E-state index >= 15 is 0 Å². The van der Waals surface area contributed by atoms with Gasteiger partial charge in [-0.3, -0.25) is 10.1 Å². The fraction of sp³-hybridized carbons (Fsp3) is 0.0769. The Bertz CT molecular complexity index is 585. The predicted molar refractivity (Wildman–Crippen MR) is 67.6 cm³/mol. The number of nitro groups is 1. The predicted octanol–water partition coefficient (Wildman–Crippen LogP) is 3.47. The van der Waals surface area contributed by atoms with Crippen molar-refractivity contribution in [2.45, 2.75) is 6.92 Å². The molecule has 0 aliphatic heterocycles. The van der Waals surface area contributed by atoms with Crippen molar-refractivity contribution < 1.29 is 4.92 Å². The summed E-state index contributed by atoms with van der Waals surface area (Å²) in [5, 5.41) is 11.0. The van der Waals surface area contributed by atoms with Crippen LogP contribution in [0.2, 0.25) is 0 Å². The van der Waals surface area contributed by atoms with Crippen LogP contribution < -0.4 is 0 Å². The monoisotopic (exact) mass is 228 g/mol. The molecule has 86 valence electrons. The molecule has 0 aliphatic rings. The molecular formula is C13H12N2O2. The zero-order chi connectivity index (χ0) is 12.4. The van der Waals surface area contributed by atoms with Gasteiger partial charge in [0.25, 0.3) is 5.69 Å². The van der Waals surface area contributed by atoms with Crippen molar-refractivity contribution in [1.82, 2.24) is 4.57 Å². The van der Waals surface area contributed by atoms with E-state index in [-0.39, 0.29) is 10.6 Å². The maximum absolute atomic E-state index is 11.0. The number of hydrogen-bond acceptors (Lipinski definition) is 2. The molecule has 2 rings (SSSR count). The highest BCUT2D eigenvalue weighted by Gasteiger charge is 2.17. The van der Waals surface area contributed by atoms with Crippen LogP contribution in [0.5, 0.6) is 0 Å². The zero-order valence-corrected chi connectivity index (χ0v) is 9.46. The van der Waals surface area contributed by atoms with Crippen LogP contribution in [0.3, 0.4) is 0 Å². The summed E-state index contributed by atoms with van der Waals surface area (Å²) in [4.78, 5) is 10.6. The summed E-state index contributed by atoms with van der Waals surface area (Å²) in [6.07, 6.45) is 4.71. The molecule has 17 heavy (non-hydrogen) atoms. The first-order chi connectivity index (χ1) is 8.11. The van der Waals surface area contributed by atoms with E-state index < -0.39 is 0 Å². The van der Waals surface area contributed by atoms with E-state index in [1.165, 1.54) is 12.4 Å². The molecule has 0 fully saturated rings. The Kier molecular flexibility index (Phi) is 2.78.